The van der Waals surface area contributed by atoms with Gasteiger partial charge in [-0.05, 0) is 36.5 Å². The monoisotopic (exact) mass is 486 g/mol. The van der Waals surface area contributed by atoms with Crippen molar-refractivity contribution in [3.8, 4) is 0 Å². The molecule has 0 fully saturated rings. The van der Waals surface area contributed by atoms with Crippen LogP contribution < -0.4 is 10.4 Å². The van der Waals surface area contributed by atoms with Crippen molar-refractivity contribution in [2.75, 3.05) is 7.11 Å². The number of aromatic nitrogens is 2. The maximum atomic E-state index is 12.1. The lowest BCUT2D eigenvalue weighted by molar-refractivity contribution is -0.135. The number of ketones is 1. The van der Waals surface area contributed by atoms with Crippen LogP contribution in [0.1, 0.15) is 42.4 Å². The smallest absolute Gasteiger partial charge is 0.379 e. The third-order valence-corrected chi connectivity index (χ3v) is 6.99. The Morgan fingerprint density at radius 1 is 0.943 bits per heavy atom. The molecule has 6 nitrogen and oxygen atoms in total. The quantitative estimate of drug-likeness (QED) is 0.186. The molecule has 0 aliphatic carbocycles. The minimum absolute atomic E-state index is 0.139. The van der Waals surface area contributed by atoms with Crippen molar-refractivity contribution in [2.45, 2.75) is 34.1 Å². The molecule has 2 heterocycles. The number of rotatable bonds is 5. The van der Waals surface area contributed by atoms with Crippen LogP contribution >= 0.6 is 0 Å². The predicted molar refractivity (Wildman–Crippen MR) is 138 cm³/mol. The Hall–Kier alpha value is -3.71. The number of esters is 1. The van der Waals surface area contributed by atoms with Crippen LogP contribution in [0.5, 0.6) is 0 Å². The van der Waals surface area contributed by atoms with E-state index in [9.17, 15) is 14.1 Å². The lowest BCUT2D eigenvalue weighted by atomic mass is 9.88. The maximum absolute atomic E-state index is 12.1. The fourth-order valence-electron chi connectivity index (χ4n) is 3.75. The van der Waals surface area contributed by atoms with Gasteiger partial charge in [0.15, 0.2) is 0 Å². The highest BCUT2D eigenvalue weighted by atomic mass is 28.3. The van der Waals surface area contributed by atoms with Gasteiger partial charge in [-0.1, -0.05) is 81.4 Å². The van der Waals surface area contributed by atoms with E-state index in [1.54, 1.807) is 11.4 Å². The average Bonchev–Trinajstić information content (AvgIpc) is 3.18. The van der Waals surface area contributed by atoms with Gasteiger partial charge in [0, 0.05) is 16.6 Å². The van der Waals surface area contributed by atoms with Crippen molar-refractivity contribution in [3.05, 3.63) is 95.8 Å². The standard InChI is InChI=1S/C16H20N2O3.C12H10OSi/c1-10-13(14(19)15(20)21-5)12-8-11(9-16(2,3)4)6-7-18(12)17-10;13-14(11-7-3-1-4-8-11)12-9-5-2-6-10-12/h6-8H,9H2,1-5H3;1-10H. The number of Topliss-reactive ketones (excluding diaryl/α,β-unsaturated/α-hetero) is 1. The van der Waals surface area contributed by atoms with Gasteiger partial charge in [0.1, 0.15) is 0 Å². The van der Waals surface area contributed by atoms with Crippen molar-refractivity contribution in [1.82, 2.24) is 9.61 Å². The molecule has 0 bridgehead atoms. The molecule has 7 heteroatoms. The van der Waals surface area contributed by atoms with Crippen molar-refractivity contribution >= 4 is 36.3 Å². The summed E-state index contributed by atoms with van der Waals surface area (Å²) in [6.45, 7) is 8.17. The van der Waals surface area contributed by atoms with Crippen LogP contribution in [0.15, 0.2) is 79.0 Å². The maximum Gasteiger partial charge on any atom is 0.379 e. The molecule has 0 unspecified atom stereocenters. The number of ether oxygens (including phenoxy) is 1. The number of carbonyl (C=O) groups is 2. The highest BCUT2D eigenvalue weighted by Crippen LogP contribution is 2.24. The van der Waals surface area contributed by atoms with Gasteiger partial charge < -0.3 is 9.20 Å². The molecule has 0 radical (unpaired) electrons. The summed E-state index contributed by atoms with van der Waals surface area (Å²) in [6, 6.07) is 23.1. The van der Waals surface area contributed by atoms with E-state index in [0.29, 0.717) is 16.8 Å². The first kappa shape index (κ1) is 25.9. The van der Waals surface area contributed by atoms with Crippen molar-refractivity contribution in [3.63, 3.8) is 0 Å². The van der Waals surface area contributed by atoms with Gasteiger partial charge in [0.25, 0.3) is 5.78 Å². The van der Waals surface area contributed by atoms with E-state index in [-0.39, 0.29) is 5.41 Å². The highest BCUT2D eigenvalue weighted by molar-refractivity contribution is 6.72. The topological polar surface area (TPSA) is 77.7 Å². The van der Waals surface area contributed by atoms with Gasteiger partial charge in [-0.25, -0.2) is 9.31 Å². The van der Waals surface area contributed by atoms with Crippen LogP contribution in [-0.4, -0.2) is 37.2 Å². The van der Waals surface area contributed by atoms with Crippen LogP contribution in [0.2, 0.25) is 0 Å². The first-order valence-corrected chi connectivity index (χ1v) is 12.8. The van der Waals surface area contributed by atoms with E-state index in [1.165, 1.54) is 7.11 Å². The zero-order chi connectivity index (χ0) is 25.6. The summed E-state index contributed by atoms with van der Waals surface area (Å²) in [7, 11) is -0.594. The first-order valence-electron chi connectivity index (χ1n) is 11.4. The Kier molecular flexibility index (Phi) is 8.25. The van der Waals surface area contributed by atoms with Crippen LogP contribution in [0.25, 0.3) is 5.52 Å². The molecular formula is C28H30N2O4Si. The van der Waals surface area contributed by atoms with Gasteiger partial charge in [-0.15, -0.1) is 0 Å². The van der Waals surface area contributed by atoms with Crippen LogP contribution in [0.3, 0.4) is 0 Å². The Balaban J connectivity index is 0.000000211. The summed E-state index contributed by atoms with van der Waals surface area (Å²) in [5.74, 6) is -1.52. The van der Waals surface area contributed by atoms with E-state index in [2.05, 4.69) is 30.6 Å². The SMILES string of the molecule is COC(=O)C(=O)c1c(C)nn2ccc(CC(C)(C)C)cc12.O=[Si](c1ccccc1)c1ccccc1. The van der Waals surface area contributed by atoms with Gasteiger partial charge in [0.05, 0.1) is 23.9 Å². The van der Waals surface area contributed by atoms with Gasteiger partial charge in [-0.3, -0.25) is 4.79 Å². The number of fused-ring (bicyclic) bond motifs is 1. The van der Waals surface area contributed by atoms with Crippen molar-refractivity contribution < 1.29 is 18.8 Å². The van der Waals surface area contributed by atoms with E-state index >= 15 is 0 Å². The third kappa shape index (κ3) is 6.67. The van der Waals surface area contributed by atoms with Crippen LogP contribution in [0, 0.1) is 12.3 Å². The lowest BCUT2D eigenvalue weighted by Crippen LogP contribution is -2.33. The summed E-state index contributed by atoms with van der Waals surface area (Å²) < 4.78 is 18.2. The minimum Gasteiger partial charge on any atom is -0.463 e. The molecule has 4 rings (SSSR count). The van der Waals surface area contributed by atoms with Crippen molar-refractivity contribution in [2.24, 2.45) is 5.41 Å². The molecular weight excluding hydrogens is 456 g/mol. The average molecular weight is 487 g/mol. The molecule has 0 N–H and O–H groups in total. The molecule has 35 heavy (non-hydrogen) atoms. The Labute approximate surface area is 207 Å². The van der Waals surface area contributed by atoms with Gasteiger partial charge in [-0.2, -0.15) is 5.10 Å². The van der Waals surface area contributed by atoms with E-state index in [4.69, 9.17) is 0 Å². The third-order valence-electron chi connectivity index (χ3n) is 5.28. The zero-order valence-electron chi connectivity index (χ0n) is 20.7. The molecule has 0 spiro atoms. The predicted octanol–water partition coefficient (Wildman–Crippen LogP) is 3.81. The number of methoxy groups -OCH3 is 1. The fraction of sp³-hybridized carbons (Fsp3) is 0.250. The molecule has 2 aromatic heterocycles. The number of carbonyl (C=O) groups excluding carboxylic acids is 2. The molecule has 0 atom stereocenters. The zero-order valence-corrected chi connectivity index (χ0v) is 21.7. The molecule has 0 saturated heterocycles. The fourth-order valence-corrected chi connectivity index (χ4v) is 5.07. The molecule has 2 aromatic carbocycles. The molecule has 0 aliphatic heterocycles. The van der Waals surface area contributed by atoms with E-state index in [1.807, 2.05) is 79.0 Å². The highest BCUT2D eigenvalue weighted by Gasteiger charge is 2.24. The second kappa shape index (κ2) is 11.1. The summed E-state index contributed by atoms with van der Waals surface area (Å²) >= 11 is 0. The van der Waals surface area contributed by atoms with Crippen molar-refractivity contribution in [1.29, 1.82) is 0 Å². The Bertz CT molecular complexity index is 1300. The number of aryl methyl sites for hydroxylation is 1. The largest absolute Gasteiger partial charge is 0.463 e. The molecule has 0 aliphatic rings. The Morgan fingerprint density at radius 3 is 1.97 bits per heavy atom. The molecule has 180 valence electrons. The van der Waals surface area contributed by atoms with E-state index in [0.717, 1.165) is 22.4 Å². The molecule has 4 aromatic rings. The van der Waals surface area contributed by atoms with Crippen LogP contribution in [0.4, 0.5) is 0 Å². The van der Waals surface area contributed by atoms with Gasteiger partial charge >= 0.3 is 14.7 Å². The summed E-state index contributed by atoms with van der Waals surface area (Å²) in [4.78, 5) is 23.7. The molecule has 0 amide bonds. The lowest BCUT2D eigenvalue weighted by Gasteiger charge is -2.18. The van der Waals surface area contributed by atoms with Gasteiger partial charge in [0.2, 0.25) is 0 Å². The van der Waals surface area contributed by atoms with E-state index < -0.39 is 20.4 Å². The number of hydrogen-bond acceptors (Lipinski definition) is 5. The first-order chi connectivity index (χ1) is 16.6. The minimum atomic E-state index is -1.79. The summed E-state index contributed by atoms with van der Waals surface area (Å²) in [6.07, 6.45) is 2.69. The number of pyridine rings is 1. The summed E-state index contributed by atoms with van der Waals surface area (Å²) in [5.41, 5.74) is 2.73. The number of hydrogen-bond donors (Lipinski definition) is 0. The Morgan fingerprint density at radius 2 is 1.49 bits per heavy atom. The number of benzene rings is 2. The van der Waals surface area contributed by atoms with Crippen LogP contribution in [-0.2, 0) is 20.4 Å². The number of nitrogens with zero attached hydrogens (tertiary/aromatic N) is 2. The second-order valence-electron chi connectivity index (χ2n) is 9.44. The second-order valence-corrected chi connectivity index (χ2v) is 11.3. The summed E-state index contributed by atoms with van der Waals surface area (Å²) in [5, 5.41) is 6.12. The molecule has 0 saturated carbocycles. The normalized spacial score (nSPS) is 10.9.